The van der Waals surface area contributed by atoms with Gasteiger partial charge < -0.3 is 14.2 Å². The summed E-state index contributed by atoms with van der Waals surface area (Å²) >= 11 is 12.9. The molecule has 0 aliphatic carbocycles. The van der Waals surface area contributed by atoms with Gasteiger partial charge in [0.15, 0.2) is 11.5 Å². The lowest BCUT2D eigenvalue weighted by molar-refractivity contribution is -0.121. The molecule has 3 rings (SSSR count). The van der Waals surface area contributed by atoms with E-state index in [4.69, 9.17) is 38.0 Å². The van der Waals surface area contributed by atoms with Crippen LogP contribution in [0.5, 0.6) is 17.2 Å². The molecule has 0 unspecified atom stereocenters. The monoisotopic (exact) mass is 491 g/mol. The van der Waals surface area contributed by atoms with Gasteiger partial charge in [0.25, 0.3) is 5.91 Å². The summed E-state index contributed by atoms with van der Waals surface area (Å²) in [5.41, 5.74) is 2.07. The maximum Gasteiger partial charge on any atom is 0.265 e. The van der Waals surface area contributed by atoms with Gasteiger partial charge in [0.05, 0.1) is 17.0 Å². The second kappa shape index (κ2) is 10.1. The predicted molar refractivity (Wildman–Crippen MR) is 135 cm³/mol. The minimum atomic E-state index is -0.136. The number of rotatable bonds is 7. The number of ether oxygens (including phenoxy) is 3. The molecule has 0 spiro atoms. The predicted octanol–water partition coefficient (Wildman–Crippen LogP) is 5.93. The first-order chi connectivity index (χ1) is 15.1. The first kappa shape index (κ1) is 24.4. The Morgan fingerprint density at radius 1 is 1.12 bits per heavy atom. The lowest BCUT2D eigenvalue weighted by Crippen LogP contribution is -2.22. The first-order valence-corrected chi connectivity index (χ1v) is 11.7. The summed E-state index contributed by atoms with van der Waals surface area (Å²) in [4.78, 5) is 14.2. The SMILES string of the molecule is COc1cc(C=C2SC(=S)N(C)C2=O)cc(Cl)c1OCCOc1ccc(C(C)(C)C)cc1. The van der Waals surface area contributed by atoms with Crippen molar-refractivity contribution in [1.29, 1.82) is 0 Å². The molecule has 2 aromatic carbocycles. The van der Waals surface area contributed by atoms with Crippen molar-refractivity contribution < 1.29 is 19.0 Å². The fraction of sp³-hybridized carbons (Fsp3) is 0.333. The normalized spacial score (nSPS) is 15.4. The van der Waals surface area contributed by atoms with Crippen LogP contribution in [0.25, 0.3) is 6.08 Å². The van der Waals surface area contributed by atoms with Crippen LogP contribution in [-0.2, 0) is 10.2 Å². The van der Waals surface area contributed by atoms with Crippen LogP contribution in [0.3, 0.4) is 0 Å². The van der Waals surface area contributed by atoms with Crippen LogP contribution in [-0.4, -0.2) is 42.5 Å². The van der Waals surface area contributed by atoms with Gasteiger partial charge in [-0.2, -0.15) is 0 Å². The molecule has 0 aromatic heterocycles. The molecule has 170 valence electrons. The topological polar surface area (TPSA) is 48.0 Å². The van der Waals surface area contributed by atoms with E-state index in [0.717, 1.165) is 11.3 Å². The molecular weight excluding hydrogens is 466 g/mol. The van der Waals surface area contributed by atoms with Crippen LogP contribution < -0.4 is 14.2 Å². The van der Waals surface area contributed by atoms with Crippen molar-refractivity contribution in [2.45, 2.75) is 26.2 Å². The van der Waals surface area contributed by atoms with Gasteiger partial charge in [-0.3, -0.25) is 9.69 Å². The van der Waals surface area contributed by atoms with Crippen molar-refractivity contribution in [1.82, 2.24) is 4.90 Å². The number of halogens is 1. The molecule has 5 nitrogen and oxygen atoms in total. The van der Waals surface area contributed by atoms with Crippen molar-refractivity contribution in [3.05, 3.63) is 57.5 Å². The number of thiocarbonyl (C=S) groups is 1. The average Bonchev–Trinajstić information content (AvgIpc) is 2.98. The highest BCUT2D eigenvalue weighted by Gasteiger charge is 2.28. The van der Waals surface area contributed by atoms with E-state index in [0.29, 0.717) is 39.0 Å². The molecule has 0 atom stereocenters. The number of likely N-dealkylation sites (N-methyl/N-ethyl adjacent to an activating group) is 1. The maximum absolute atomic E-state index is 12.2. The van der Waals surface area contributed by atoms with Crippen molar-refractivity contribution in [2.75, 3.05) is 27.4 Å². The molecule has 1 heterocycles. The van der Waals surface area contributed by atoms with Gasteiger partial charge >= 0.3 is 0 Å². The fourth-order valence-electron chi connectivity index (χ4n) is 3.01. The van der Waals surface area contributed by atoms with Crippen molar-refractivity contribution in [3.8, 4) is 17.2 Å². The second-order valence-corrected chi connectivity index (χ2v) is 10.3. The van der Waals surface area contributed by atoms with Gasteiger partial charge in [0.2, 0.25) is 0 Å². The molecule has 0 bridgehead atoms. The molecule has 1 aliphatic rings. The average molecular weight is 492 g/mol. The highest BCUT2D eigenvalue weighted by atomic mass is 35.5. The molecule has 32 heavy (non-hydrogen) atoms. The van der Waals surface area contributed by atoms with E-state index >= 15 is 0 Å². The Morgan fingerprint density at radius 2 is 1.78 bits per heavy atom. The van der Waals surface area contributed by atoms with Gasteiger partial charge in [-0.15, -0.1) is 0 Å². The Kier molecular flexibility index (Phi) is 7.75. The zero-order valence-electron chi connectivity index (χ0n) is 18.7. The standard InChI is InChI=1S/C24H26ClNO4S2/c1-24(2,3)16-6-8-17(9-7-16)29-10-11-30-21-18(25)12-15(13-19(21)28-5)14-20-22(27)26(4)23(31)32-20/h6-9,12-14H,10-11H2,1-5H3. The highest BCUT2D eigenvalue weighted by Crippen LogP contribution is 2.38. The van der Waals surface area contributed by atoms with E-state index in [9.17, 15) is 4.79 Å². The van der Waals surface area contributed by atoms with Crippen LogP contribution in [0.1, 0.15) is 31.9 Å². The molecule has 0 saturated carbocycles. The summed E-state index contributed by atoms with van der Waals surface area (Å²) in [6.45, 7) is 7.17. The highest BCUT2D eigenvalue weighted by molar-refractivity contribution is 8.26. The van der Waals surface area contributed by atoms with Crippen LogP contribution in [0.4, 0.5) is 0 Å². The number of thioether (sulfide) groups is 1. The number of carbonyl (C=O) groups is 1. The molecule has 8 heteroatoms. The molecule has 2 aromatic rings. The smallest absolute Gasteiger partial charge is 0.265 e. The Morgan fingerprint density at radius 3 is 2.34 bits per heavy atom. The molecule has 1 amide bonds. The number of benzene rings is 2. The minimum absolute atomic E-state index is 0.0998. The Labute approximate surface area is 203 Å². The number of hydrogen-bond donors (Lipinski definition) is 0. The van der Waals surface area contributed by atoms with Crippen LogP contribution in [0, 0.1) is 0 Å². The van der Waals surface area contributed by atoms with E-state index in [1.165, 1.54) is 22.2 Å². The zero-order chi connectivity index (χ0) is 23.5. The summed E-state index contributed by atoms with van der Waals surface area (Å²) in [7, 11) is 3.20. The first-order valence-electron chi connectivity index (χ1n) is 10.1. The Bertz CT molecular complexity index is 1050. The van der Waals surface area contributed by atoms with Crippen molar-refractivity contribution >= 4 is 51.9 Å². The third-order valence-corrected chi connectivity index (χ3v) is 6.62. The van der Waals surface area contributed by atoms with E-state index in [2.05, 4.69) is 32.9 Å². The third-order valence-electron chi connectivity index (χ3n) is 4.85. The summed E-state index contributed by atoms with van der Waals surface area (Å²) in [5, 5.41) is 0.386. The Hall–Kier alpha value is -2.22. The fourth-order valence-corrected chi connectivity index (χ4v) is 4.47. The summed E-state index contributed by atoms with van der Waals surface area (Å²) in [6, 6.07) is 11.6. The van der Waals surface area contributed by atoms with Gasteiger partial charge in [-0.25, -0.2) is 0 Å². The molecule has 1 aliphatic heterocycles. The summed E-state index contributed by atoms with van der Waals surface area (Å²) < 4.78 is 17.6. The number of nitrogens with zero attached hydrogens (tertiary/aromatic N) is 1. The third kappa shape index (κ3) is 5.77. The van der Waals surface area contributed by atoms with Crippen LogP contribution in [0.15, 0.2) is 41.3 Å². The molecular formula is C24H26ClNO4S2. The number of hydrogen-bond acceptors (Lipinski definition) is 6. The van der Waals surface area contributed by atoms with E-state index < -0.39 is 0 Å². The summed E-state index contributed by atoms with van der Waals surface area (Å²) in [5.74, 6) is 1.55. The van der Waals surface area contributed by atoms with Gasteiger partial charge in [-0.05, 0) is 46.9 Å². The van der Waals surface area contributed by atoms with E-state index in [-0.39, 0.29) is 11.3 Å². The van der Waals surface area contributed by atoms with Gasteiger partial charge in [0, 0.05) is 7.05 Å². The number of carbonyl (C=O) groups excluding carboxylic acids is 1. The van der Waals surface area contributed by atoms with Crippen molar-refractivity contribution in [2.24, 2.45) is 0 Å². The molecule has 1 saturated heterocycles. The maximum atomic E-state index is 12.2. The second-order valence-electron chi connectivity index (χ2n) is 8.25. The quantitative estimate of drug-likeness (QED) is 0.271. The lowest BCUT2D eigenvalue weighted by Gasteiger charge is -2.19. The van der Waals surface area contributed by atoms with Crippen LogP contribution >= 0.6 is 35.6 Å². The Balaban J connectivity index is 1.63. The van der Waals surface area contributed by atoms with E-state index in [1.807, 2.05) is 12.1 Å². The van der Waals surface area contributed by atoms with Crippen molar-refractivity contribution in [3.63, 3.8) is 0 Å². The largest absolute Gasteiger partial charge is 0.493 e. The van der Waals surface area contributed by atoms with E-state index in [1.54, 1.807) is 32.4 Å². The van der Waals surface area contributed by atoms with Gasteiger partial charge in [0.1, 0.15) is 23.3 Å². The molecule has 0 radical (unpaired) electrons. The molecule has 1 fully saturated rings. The number of methoxy groups -OCH3 is 1. The minimum Gasteiger partial charge on any atom is -0.493 e. The summed E-state index contributed by atoms with van der Waals surface area (Å²) in [6.07, 6.45) is 1.74. The number of amides is 1. The molecule has 0 N–H and O–H groups in total. The van der Waals surface area contributed by atoms with Crippen LogP contribution in [0.2, 0.25) is 5.02 Å². The lowest BCUT2D eigenvalue weighted by atomic mass is 9.87. The zero-order valence-corrected chi connectivity index (χ0v) is 21.1. The van der Waals surface area contributed by atoms with Gasteiger partial charge in [-0.1, -0.05) is 68.5 Å².